The number of carboxylic acid groups (broad SMARTS) is 1. The van der Waals surface area contributed by atoms with Crippen LogP contribution in [0.15, 0.2) is 48.2 Å². The van der Waals surface area contributed by atoms with Crippen molar-refractivity contribution in [1.82, 2.24) is 5.32 Å². The third-order valence-electron chi connectivity index (χ3n) is 3.32. The van der Waals surface area contributed by atoms with Crippen molar-refractivity contribution in [3.05, 3.63) is 64.3 Å². The van der Waals surface area contributed by atoms with Crippen LogP contribution in [-0.2, 0) is 16.2 Å². The molecule has 0 atom stereocenters. The molecule has 0 aliphatic carbocycles. The van der Waals surface area contributed by atoms with E-state index in [9.17, 15) is 9.59 Å². The number of nitrogens with one attached hydrogen (secondary N) is 1. The van der Waals surface area contributed by atoms with Crippen molar-refractivity contribution in [3.63, 3.8) is 0 Å². The maximum absolute atomic E-state index is 11.2. The van der Waals surface area contributed by atoms with Gasteiger partial charge < -0.3 is 19.9 Å². The number of carbonyl (C=O) groups is 2. The number of amides is 1. The van der Waals surface area contributed by atoms with Crippen molar-refractivity contribution in [2.75, 3.05) is 7.11 Å². The van der Waals surface area contributed by atoms with Crippen LogP contribution in [0.2, 0.25) is 5.02 Å². The van der Waals surface area contributed by atoms with Crippen LogP contribution in [0.25, 0.3) is 6.08 Å². The Kier molecular flexibility index (Phi) is 6.63. The minimum absolute atomic E-state index is 0.229. The number of hydrogen-bond acceptors (Lipinski definition) is 4. The van der Waals surface area contributed by atoms with Gasteiger partial charge in [0.15, 0.2) is 11.5 Å². The Labute approximate surface area is 156 Å². The van der Waals surface area contributed by atoms with E-state index in [0.29, 0.717) is 28.7 Å². The highest BCUT2D eigenvalue weighted by atomic mass is 35.5. The average molecular weight is 376 g/mol. The molecule has 0 aromatic heterocycles. The molecule has 7 heteroatoms. The van der Waals surface area contributed by atoms with Crippen LogP contribution in [0.3, 0.4) is 0 Å². The monoisotopic (exact) mass is 375 g/mol. The molecule has 26 heavy (non-hydrogen) atoms. The van der Waals surface area contributed by atoms with Crippen LogP contribution in [0, 0.1) is 0 Å². The van der Waals surface area contributed by atoms with Gasteiger partial charge >= 0.3 is 5.97 Å². The Morgan fingerprint density at radius 1 is 1.19 bits per heavy atom. The number of carbonyl (C=O) groups excluding carboxylic acids is 1. The first-order chi connectivity index (χ1) is 12.4. The molecule has 6 nitrogen and oxygen atoms in total. The van der Waals surface area contributed by atoms with E-state index in [1.54, 1.807) is 30.3 Å². The predicted molar refractivity (Wildman–Crippen MR) is 98.2 cm³/mol. The lowest BCUT2D eigenvalue weighted by atomic mass is 10.1. The Balaban J connectivity index is 2.20. The normalized spacial score (nSPS) is 11.0. The molecule has 0 unspecified atom stereocenters. The summed E-state index contributed by atoms with van der Waals surface area (Å²) in [5.74, 6) is -0.762. The van der Waals surface area contributed by atoms with Gasteiger partial charge in [0, 0.05) is 11.9 Å². The standard InChI is InChI=1S/C19H18ClNO5/c1-12(22)21-16(19(23)24)9-13-6-7-17(18(10-13)25-2)26-11-14-4-3-5-15(20)8-14/h3-10H,11H2,1-2H3,(H,21,22)(H,23,24). The van der Waals surface area contributed by atoms with Gasteiger partial charge in [0.05, 0.1) is 7.11 Å². The lowest BCUT2D eigenvalue weighted by Crippen LogP contribution is -2.24. The summed E-state index contributed by atoms with van der Waals surface area (Å²) in [7, 11) is 1.49. The molecule has 0 saturated carbocycles. The highest BCUT2D eigenvalue weighted by Crippen LogP contribution is 2.29. The predicted octanol–water partition coefficient (Wildman–Crippen LogP) is 3.49. The Morgan fingerprint density at radius 3 is 2.58 bits per heavy atom. The number of carboxylic acids is 1. The molecule has 0 spiro atoms. The molecule has 0 saturated heterocycles. The summed E-state index contributed by atoms with van der Waals surface area (Å²) in [4.78, 5) is 22.3. The topological polar surface area (TPSA) is 84.9 Å². The van der Waals surface area contributed by atoms with Crippen LogP contribution in [-0.4, -0.2) is 24.1 Å². The fourth-order valence-electron chi connectivity index (χ4n) is 2.19. The van der Waals surface area contributed by atoms with Gasteiger partial charge in [-0.15, -0.1) is 0 Å². The summed E-state index contributed by atoms with van der Waals surface area (Å²) >= 11 is 5.95. The largest absolute Gasteiger partial charge is 0.493 e. The minimum Gasteiger partial charge on any atom is -0.493 e. The van der Waals surface area contributed by atoms with Crippen molar-refractivity contribution in [2.45, 2.75) is 13.5 Å². The fraction of sp³-hybridized carbons (Fsp3) is 0.158. The summed E-state index contributed by atoms with van der Waals surface area (Å²) in [6.07, 6.45) is 1.34. The number of benzene rings is 2. The molecule has 0 bridgehead atoms. The summed E-state index contributed by atoms with van der Waals surface area (Å²) in [5.41, 5.74) is 1.22. The third-order valence-corrected chi connectivity index (χ3v) is 3.56. The number of halogens is 1. The average Bonchev–Trinajstić information content (AvgIpc) is 2.59. The summed E-state index contributed by atoms with van der Waals surface area (Å²) < 4.78 is 11.1. The van der Waals surface area contributed by atoms with E-state index in [1.165, 1.54) is 20.1 Å². The van der Waals surface area contributed by atoms with E-state index in [2.05, 4.69) is 5.32 Å². The van der Waals surface area contributed by atoms with Crippen molar-refractivity contribution in [3.8, 4) is 11.5 Å². The highest BCUT2D eigenvalue weighted by molar-refractivity contribution is 6.30. The fourth-order valence-corrected chi connectivity index (χ4v) is 2.40. The Hall–Kier alpha value is -2.99. The number of aliphatic carboxylic acids is 1. The van der Waals surface area contributed by atoms with Crippen molar-refractivity contribution in [2.24, 2.45) is 0 Å². The van der Waals surface area contributed by atoms with Gasteiger partial charge in [-0.1, -0.05) is 29.8 Å². The summed E-state index contributed by atoms with van der Waals surface area (Å²) in [5, 5.41) is 12.0. The summed E-state index contributed by atoms with van der Waals surface area (Å²) in [6, 6.07) is 12.3. The van der Waals surface area contributed by atoms with E-state index >= 15 is 0 Å². The lowest BCUT2D eigenvalue weighted by molar-refractivity contribution is -0.134. The molecule has 2 aromatic rings. The SMILES string of the molecule is COc1cc(C=C(NC(C)=O)C(=O)O)ccc1OCc1cccc(Cl)c1. The van der Waals surface area contributed by atoms with Gasteiger partial charge in [-0.3, -0.25) is 4.79 Å². The molecule has 136 valence electrons. The minimum atomic E-state index is -1.24. The Morgan fingerprint density at radius 2 is 1.96 bits per heavy atom. The van der Waals surface area contributed by atoms with Gasteiger partial charge in [0.1, 0.15) is 12.3 Å². The second-order valence-corrected chi connectivity index (χ2v) is 5.81. The third kappa shape index (κ3) is 5.53. The molecule has 0 aliphatic heterocycles. The highest BCUT2D eigenvalue weighted by Gasteiger charge is 2.11. The zero-order chi connectivity index (χ0) is 19.1. The van der Waals surface area contributed by atoms with E-state index < -0.39 is 11.9 Å². The number of ether oxygens (including phenoxy) is 2. The zero-order valence-electron chi connectivity index (χ0n) is 14.3. The van der Waals surface area contributed by atoms with Crippen molar-refractivity contribution < 1.29 is 24.2 Å². The molecule has 2 N–H and O–H groups in total. The van der Waals surface area contributed by atoms with Crippen LogP contribution < -0.4 is 14.8 Å². The maximum atomic E-state index is 11.2. The van der Waals surface area contributed by atoms with Gasteiger partial charge in [-0.25, -0.2) is 4.79 Å². The number of methoxy groups -OCH3 is 1. The van der Waals surface area contributed by atoms with Gasteiger partial charge in [0.25, 0.3) is 0 Å². The first-order valence-corrected chi connectivity index (χ1v) is 8.04. The first kappa shape index (κ1) is 19.3. The molecule has 2 rings (SSSR count). The van der Waals surface area contributed by atoms with Crippen molar-refractivity contribution >= 4 is 29.6 Å². The maximum Gasteiger partial charge on any atom is 0.352 e. The zero-order valence-corrected chi connectivity index (χ0v) is 15.0. The van der Waals surface area contributed by atoms with Gasteiger partial charge in [0.2, 0.25) is 5.91 Å². The smallest absolute Gasteiger partial charge is 0.352 e. The first-order valence-electron chi connectivity index (χ1n) is 7.67. The molecular formula is C19H18ClNO5. The van der Waals surface area contributed by atoms with E-state index in [4.69, 9.17) is 26.2 Å². The van der Waals surface area contributed by atoms with Crippen LogP contribution in [0.4, 0.5) is 0 Å². The van der Waals surface area contributed by atoms with Gasteiger partial charge in [-0.2, -0.15) is 0 Å². The molecule has 0 heterocycles. The van der Waals surface area contributed by atoms with Crippen LogP contribution >= 0.6 is 11.6 Å². The van der Waals surface area contributed by atoms with Gasteiger partial charge in [-0.05, 0) is 41.5 Å². The second kappa shape index (κ2) is 8.92. The second-order valence-electron chi connectivity index (χ2n) is 5.37. The molecule has 0 radical (unpaired) electrons. The molecule has 1 amide bonds. The van der Waals surface area contributed by atoms with Crippen molar-refractivity contribution in [1.29, 1.82) is 0 Å². The van der Waals surface area contributed by atoms with E-state index in [1.807, 2.05) is 12.1 Å². The Bertz CT molecular complexity index is 848. The molecular weight excluding hydrogens is 358 g/mol. The molecule has 0 aliphatic rings. The summed E-state index contributed by atoms with van der Waals surface area (Å²) in [6.45, 7) is 1.54. The molecule has 0 fully saturated rings. The van der Waals surface area contributed by atoms with E-state index in [0.717, 1.165) is 5.56 Å². The lowest BCUT2D eigenvalue weighted by Gasteiger charge is -2.12. The quantitative estimate of drug-likeness (QED) is 0.723. The molecule has 2 aromatic carbocycles. The number of hydrogen-bond donors (Lipinski definition) is 2. The van der Waals surface area contributed by atoms with Crippen LogP contribution in [0.5, 0.6) is 11.5 Å². The van der Waals surface area contributed by atoms with Crippen LogP contribution in [0.1, 0.15) is 18.1 Å². The number of rotatable bonds is 7. The van der Waals surface area contributed by atoms with E-state index in [-0.39, 0.29) is 5.70 Å².